The zero-order chi connectivity index (χ0) is 10.6. The average molecular weight is 192 g/mol. The van der Waals surface area contributed by atoms with E-state index in [0.29, 0.717) is 10.8 Å². The molecular formula is C14H24. The summed E-state index contributed by atoms with van der Waals surface area (Å²) in [5.74, 6) is 1.83. The van der Waals surface area contributed by atoms with Gasteiger partial charge in [0.2, 0.25) is 0 Å². The van der Waals surface area contributed by atoms with Crippen molar-refractivity contribution in [1.82, 2.24) is 0 Å². The molecule has 14 heavy (non-hydrogen) atoms. The van der Waals surface area contributed by atoms with E-state index in [9.17, 15) is 0 Å². The van der Waals surface area contributed by atoms with Crippen molar-refractivity contribution in [3.8, 4) is 0 Å². The molecule has 2 aliphatic carbocycles. The largest absolute Gasteiger partial charge is 0.0998 e. The Morgan fingerprint density at radius 3 is 2.57 bits per heavy atom. The lowest BCUT2D eigenvalue weighted by Crippen LogP contribution is -2.39. The van der Waals surface area contributed by atoms with Crippen molar-refractivity contribution in [3.05, 3.63) is 12.2 Å². The van der Waals surface area contributed by atoms with Crippen LogP contribution in [0.2, 0.25) is 0 Å². The molecule has 1 unspecified atom stereocenters. The van der Waals surface area contributed by atoms with Crippen LogP contribution in [0.1, 0.15) is 53.4 Å². The SMILES string of the molecule is C=C1CC[C@@H]2C[C@H](C)C(C)(C)C2(C)C1. The molecule has 0 radical (unpaired) electrons. The molecule has 0 heteroatoms. The van der Waals surface area contributed by atoms with E-state index in [-0.39, 0.29) is 0 Å². The van der Waals surface area contributed by atoms with Gasteiger partial charge < -0.3 is 0 Å². The zero-order valence-electron chi connectivity index (χ0n) is 10.2. The van der Waals surface area contributed by atoms with Gasteiger partial charge in [-0.2, -0.15) is 0 Å². The second-order valence-corrected chi connectivity index (χ2v) is 6.44. The van der Waals surface area contributed by atoms with Crippen molar-refractivity contribution in [3.63, 3.8) is 0 Å². The maximum atomic E-state index is 4.21. The van der Waals surface area contributed by atoms with Gasteiger partial charge in [-0.3, -0.25) is 0 Å². The van der Waals surface area contributed by atoms with Gasteiger partial charge in [0.1, 0.15) is 0 Å². The van der Waals surface area contributed by atoms with E-state index in [1.807, 2.05) is 0 Å². The predicted octanol–water partition coefficient (Wildman–Crippen LogP) is 4.42. The van der Waals surface area contributed by atoms with Crippen molar-refractivity contribution >= 4 is 0 Å². The number of hydrogen-bond donors (Lipinski definition) is 0. The van der Waals surface area contributed by atoms with Crippen LogP contribution in [0.25, 0.3) is 0 Å². The van der Waals surface area contributed by atoms with Crippen molar-refractivity contribution < 1.29 is 0 Å². The second kappa shape index (κ2) is 2.87. The molecule has 80 valence electrons. The van der Waals surface area contributed by atoms with E-state index in [1.54, 1.807) is 0 Å². The van der Waals surface area contributed by atoms with Crippen LogP contribution in [0.3, 0.4) is 0 Å². The average Bonchev–Trinajstić information content (AvgIpc) is 2.24. The van der Waals surface area contributed by atoms with Crippen LogP contribution in [0.5, 0.6) is 0 Å². The summed E-state index contributed by atoms with van der Waals surface area (Å²) in [6, 6.07) is 0. The first-order valence-electron chi connectivity index (χ1n) is 6.04. The molecule has 0 N–H and O–H groups in total. The van der Waals surface area contributed by atoms with Gasteiger partial charge >= 0.3 is 0 Å². The molecule has 3 atom stereocenters. The molecule has 0 nitrogen and oxygen atoms in total. The second-order valence-electron chi connectivity index (χ2n) is 6.44. The quantitative estimate of drug-likeness (QED) is 0.499. The summed E-state index contributed by atoms with van der Waals surface area (Å²) >= 11 is 0. The standard InChI is InChI=1S/C14H24/c1-10-6-7-12-8-11(2)13(3,4)14(12,5)9-10/h11-12H,1,6-9H2,2-5H3/t11-,12+,14?/m0/s1. The van der Waals surface area contributed by atoms with E-state index >= 15 is 0 Å². The topological polar surface area (TPSA) is 0 Å². The van der Waals surface area contributed by atoms with Gasteiger partial charge in [0, 0.05) is 0 Å². The first kappa shape index (κ1) is 10.3. The fourth-order valence-electron chi connectivity index (χ4n) is 3.87. The molecule has 2 saturated carbocycles. The van der Waals surface area contributed by atoms with Gasteiger partial charge in [0.15, 0.2) is 0 Å². The summed E-state index contributed by atoms with van der Waals surface area (Å²) < 4.78 is 0. The molecule has 2 aliphatic rings. The van der Waals surface area contributed by atoms with Crippen LogP contribution in [-0.4, -0.2) is 0 Å². The Labute approximate surface area is 88.8 Å². The molecule has 0 aromatic heterocycles. The van der Waals surface area contributed by atoms with Crippen molar-refractivity contribution in [1.29, 1.82) is 0 Å². The molecule has 0 spiro atoms. The van der Waals surface area contributed by atoms with E-state index < -0.39 is 0 Å². The van der Waals surface area contributed by atoms with Gasteiger partial charge in [-0.1, -0.05) is 39.8 Å². The molecule has 0 bridgehead atoms. The number of rotatable bonds is 0. The highest BCUT2D eigenvalue weighted by molar-refractivity contribution is 5.14. The molecular weight excluding hydrogens is 168 g/mol. The lowest BCUT2D eigenvalue weighted by atomic mass is 9.57. The third kappa shape index (κ3) is 1.12. The summed E-state index contributed by atoms with van der Waals surface area (Å²) in [6.07, 6.45) is 5.39. The number of allylic oxidation sites excluding steroid dienone is 1. The molecule has 0 aliphatic heterocycles. The van der Waals surface area contributed by atoms with E-state index in [1.165, 1.54) is 31.3 Å². The predicted molar refractivity (Wildman–Crippen MR) is 62.2 cm³/mol. The lowest BCUT2D eigenvalue weighted by molar-refractivity contribution is 0.0464. The van der Waals surface area contributed by atoms with Gasteiger partial charge in [-0.25, -0.2) is 0 Å². The van der Waals surface area contributed by atoms with Crippen molar-refractivity contribution in [2.45, 2.75) is 53.4 Å². The smallest absolute Gasteiger partial charge is 0.0206 e. The minimum Gasteiger partial charge on any atom is -0.0998 e. The molecule has 0 aromatic carbocycles. The fraction of sp³-hybridized carbons (Fsp3) is 0.857. The molecule has 0 aromatic rings. The normalized spacial score (nSPS) is 46.4. The summed E-state index contributed by atoms with van der Waals surface area (Å²) in [5, 5.41) is 0. The van der Waals surface area contributed by atoms with Crippen molar-refractivity contribution in [2.75, 3.05) is 0 Å². The highest BCUT2D eigenvalue weighted by Crippen LogP contribution is 2.64. The molecule has 0 amide bonds. The summed E-state index contributed by atoms with van der Waals surface area (Å²) in [5.41, 5.74) is 2.52. The maximum absolute atomic E-state index is 4.21. The first-order chi connectivity index (χ1) is 6.38. The Morgan fingerprint density at radius 1 is 1.29 bits per heavy atom. The van der Waals surface area contributed by atoms with Gasteiger partial charge in [-0.15, -0.1) is 0 Å². The van der Waals surface area contributed by atoms with Crippen LogP contribution >= 0.6 is 0 Å². The third-order valence-corrected chi connectivity index (χ3v) is 5.71. The van der Waals surface area contributed by atoms with E-state index in [4.69, 9.17) is 0 Å². The Balaban J connectivity index is 2.35. The summed E-state index contributed by atoms with van der Waals surface area (Å²) in [4.78, 5) is 0. The third-order valence-electron chi connectivity index (χ3n) is 5.71. The van der Waals surface area contributed by atoms with Crippen LogP contribution in [0.4, 0.5) is 0 Å². The van der Waals surface area contributed by atoms with Crippen LogP contribution < -0.4 is 0 Å². The maximum Gasteiger partial charge on any atom is -0.0206 e. The monoisotopic (exact) mass is 192 g/mol. The molecule has 2 fully saturated rings. The zero-order valence-corrected chi connectivity index (χ0v) is 10.2. The van der Waals surface area contributed by atoms with Crippen LogP contribution in [-0.2, 0) is 0 Å². The van der Waals surface area contributed by atoms with Gasteiger partial charge in [-0.05, 0) is 48.3 Å². The minimum absolute atomic E-state index is 0.501. The van der Waals surface area contributed by atoms with Gasteiger partial charge in [0.05, 0.1) is 0 Å². The Bertz CT molecular complexity index is 261. The molecule has 2 rings (SSSR count). The Hall–Kier alpha value is -0.260. The highest BCUT2D eigenvalue weighted by Gasteiger charge is 2.56. The number of fused-ring (bicyclic) bond motifs is 1. The van der Waals surface area contributed by atoms with E-state index in [2.05, 4.69) is 34.3 Å². The van der Waals surface area contributed by atoms with Crippen LogP contribution in [0.15, 0.2) is 12.2 Å². The first-order valence-corrected chi connectivity index (χ1v) is 6.04. The summed E-state index contributed by atoms with van der Waals surface area (Å²) in [7, 11) is 0. The molecule has 0 heterocycles. The Kier molecular flexibility index (Phi) is 2.10. The highest BCUT2D eigenvalue weighted by atomic mass is 14.6. The number of hydrogen-bond acceptors (Lipinski definition) is 0. The van der Waals surface area contributed by atoms with Crippen molar-refractivity contribution in [2.24, 2.45) is 22.7 Å². The molecule has 0 saturated heterocycles. The Morgan fingerprint density at radius 2 is 1.93 bits per heavy atom. The lowest BCUT2D eigenvalue weighted by Gasteiger charge is -2.47. The fourth-order valence-corrected chi connectivity index (χ4v) is 3.87. The van der Waals surface area contributed by atoms with E-state index in [0.717, 1.165) is 11.8 Å². The van der Waals surface area contributed by atoms with Gasteiger partial charge in [0.25, 0.3) is 0 Å². The minimum atomic E-state index is 0.501. The van der Waals surface area contributed by atoms with Crippen LogP contribution in [0, 0.1) is 22.7 Å². The summed E-state index contributed by atoms with van der Waals surface area (Å²) in [6.45, 7) is 14.1.